The van der Waals surface area contributed by atoms with Gasteiger partial charge in [-0.1, -0.05) is 60.3 Å². The molecule has 8 heteroatoms. The van der Waals surface area contributed by atoms with Crippen molar-refractivity contribution in [2.45, 2.75) is 0 Å². The molecule has 6 nitrogen and oxygen atoms in total. The molecule has 1 N–H and O–H groups in total. The number of hydrazine groups is 1. The van der Waals surface area contributed by atoms with Gasteiger partial charge in [0, 0.05) is 5.56 Å². The van der Waals surface area contributed by atoms with Crippen LogP contribution >= 0.6 is 24.0 Å². The number of hydrogen-bond donors (Lipinski definition) is 1. The van der Waals surface area contributed by atoms with E-state index in [1.165, 1.54) is 0 Å². The Kier molecular flexibility index (Phi) is 7.39. The molecule has 0 saturated carbocycles. The van der Waals surface area contributed by atoms with Gasteiger partial charge in [0.15, 0.2) is 4.32 Å². The second-order valence-electron chi connectivity index (χ2n) is 6.90. The molecule has 33 heavy (non-hydrogen) atoms. The second kappa shape index (κ2) is 10.8. The number of carbonyl (C=O) groups excluding carboxylic acids is 2. The van der Waals surface area contributed by atoms with Crippen molar-refractivity contribution in [3.63, 3.8) is 0 Å². The maximum absolute atomic E-state index is 12.7. The highest BCUT2D eigenvalue weighted by atomic mass is 32.2. The van der Waals surface area contributed by atoms with E-state index in [2.05, 4.69) is 5.43 Å². The Hall–Kier alpha value is -3.62. The van der Waals surface area contributed by atoms with E-state index in [0.29, 0.717) is 29.4 Å². The molecule has 1 aliphatic rings. The summed E-state index contributed by atoms with van der Waals surface area (Å²) >= 11 is 6.41. The van der Waals surface area contributed by atoms with Crippen molar-refractivity contribution < 1.29 is 19.1 Å². The van der Waals surface area contributed by atoms with Crippen molar-refractivity contribution in [1.29, 1.82) is 0 Å². The lowest BCUT2D eigenvalue weighted by Crippen LogP contribution is -2.44. The smallest absolute Gasteiger partial charge is 0.285 e. The monoisotopic (exact) mass is 476 g/mol. The van der Waals surface area contributed by atoms with Gasteiger partial charge in [0.2, 0.25) is 0 Å². The van der Waals surface area contributed by atoms with Crippen LogP contribution < -0.4 is 14.9 Å². The molecule has 0 aliphatic carbocycles. The summed E-state index contributed by atoms with van der Waals surface area (Å²) in [7, 11) is 0. The lowest BCUT2D eigenvalue weighted by Gasteiger charge is -2.15. The van der Waals surface area contributed by atoms with Crippen LogP contribution in [0.15, 0.2) is 89.8 Å². The minimum Gasteiger partial charge on any atom is -0.490 e. The standard InChI is InChI=1S/C25H20N2O4S2/c28-23(19-7-3-1-4-8-19)26-27-24(29)22(33-25(27)32)17-18-11-13-21(14-12-18)31-16-15-30-20-9-5-2-6-10-20/h1-14,17H,15-16H2,(H,26,28)/b22-17+. The summed E-state index contributed by atoms with van der Waals surface area (Å²) in [4.78, 5) is 25.5. The molecule has 3 aromatic carbocycles. The molecule has 1 heterocycles. The van der Waals surface area contributed by atoms with Gasteiger partial charge in [-0.15, -0.1) is 0 Å². The van der Waals surface area contributed by atoms with Gasteiger partial charge in [-0.3, -0.25) is 15.0 Å². The van der Waals surface area contributed by atoms with E-state index in [9.17, 15) is 9.59 Å². The largest absolute Gasteiger partial charge is 0.490 e. The quantitative estimate of drug-likeness (QED) is 0.289. The maximum atomic E-state index is 12.7. The van der Waals surface area contributed by atoms with E-state index in [-0.39, 0.29) is 10.2 Å². The Labute approximate surface area is 201 Å². The lowest BCUT2D eigenvalue weighted by atomic mass is 10.2. The van der Waals surface area contributed by atoms with Gasteiger partial charge >= 0.3 is 0 Å². The first-order chi connectivity index (χ1) is 16.1. The number of para-hydroxylation sites is 1. The fraction of sp³-hybridized carbons (Fsp3) is 0.0800. The fourth-order valence-corrected chi connectivity index (χ4v) is 4.15. The summed E-state index contributed by atoms with van der Waals surface area (Å²) in [5, 5.41) is 1.10. The van der Waals surface area contributed by atoms with Crippen LogP contribution in [0, 0.1) is 0 Å². The van der Waals surface area contributed by atoms with Gasteiger partial charge in [-0.2, -0.15) is 5.01 Å². The molecule has 166 valence electrons. The zero-order chi connectivity index (χ0) is 23.0. The Morgan fingerprint density at radius 2 is 1.45 bits per heavy atom. The number of carbonyl (C=O) groups is 2. The highest BCUT2D eigenvalue weighted by Gasteiger charge is 2.33. The first-order valence-corrected chi connectivity index (χ1v) is 11.4. The number of rotatable bonds is 8. The van der Waals surface area contributed by atoms with Crippen molar-refractivity contribution >= 4 is 46.2 Å². The van der Waals surface area contributed by atoms with Gasteiger partial charge < -0.3 is 9.47 Å². The number of ether oxygens (including phenoxy) is 2. The highest BCUT2D eigenvalue weighted by Crippen LogP contribution is 2.31. The predicted molar refractivity (Wildman–Crippen MR) is 133 cm³/mol. The summed E-state index contributed by atoms with van der Waals surface area (Å²) in [5.74, 6) is 0.735. The van der Waals surface area contributed by atoms with Crippen molar-refractivity contribution in [2.24, 2.45) is 0 Å². The molecular formula is C25H20N2O4S2. The molecule has 0 atom stereocenters. The summed E-state index contributed by atoms with van der Waals surface area (Å²) in [5.41, 5.74) is 3.83. The van der Waals surface area contributed by atoms with E-state index >= 15 is 0 Å². The Morgan fingerprint density at radius 3 is 2.09 bits per heavy atom. The van der Waals surface area contributed by atoms with E-state index < -0.39 is 5.91 Å². The normalized spacial score (nSPS) is 14.4. The van der Waals surface area contributed by atoms with Gasteiger partial charge in [0.1, 0.15) is 24.7 Å². The molecule has 0 bridgehead atoms. The van der Waals surface area contributed by atoms with E-state index in [1.54, 1.807) is 30.3 Å². The average Bonchev–Trinajstić information content (AvgIpc) is 3.11. The van der Waals surface area contributed by atoms with Crippen LogP contribution in [0.1, 0.15) is 15.9 Å². The summed E-state index contributed by atoms with van der Waals surface area (Å²) in [6.07, 6.45) is 1.73. The van der Waals surface area contributed by atoms with Crippen molar-refractivity contribution in [1.82, 2.24) is 10.4 Å². The van der Waals surface area contributed by atoms with E-state index in [1.807, 2.05) is 60.7 Å². The molecule has 1 aliphatic heterocycles. The van der Waals surface area contributed by atoms with Gasteiger partial charge in [0.05, 0.1) is 4.91 Å². The Balaban J connectivity index is 1.31. The number of amides is 2. The minimum absolute atomic E-state index is 0.272. The van der Waals surface area contributed by atoms with Crippen molar-refractivity contribution in [3.05, 3.63) is 101 Å². The zero-order valence-corrected chi connectivity index (χ0v) is 19.1. The SMILES string of the molecule is O=C(NN1C(=O)/C(=C\c2ccc(OCCOc3ccccc3)cc2)SC1=S)c1ccccc1. The van der Waals surface area contributed by atoms with Crippen LogP contribution in [-0.2, 0) is 4.79 Å². The van der Waals surface area contributed by atoms with E-state index in [4.69, 9.17) is 21.7 Å². The molecule has 0 unspecified atom stereocenters. The molecule has 0 radical (unpaired) electrons. The number of benzene rings is 3. The summed E-state index contributed by atoms with van der Waals surface area (Å²) in [6, 6.07) is 25.6. The average molecular weight is 477 g/mol. The molecule has 0 aromatic heterocycles. The van der Waals surface area contributed by atoms with E-state index in [0.717, 1.165) is 28.1 Å². The molecule has 0 spiro atoms. The van der Waals surface area contributed by atoms with Crippen LogP contribution in [0.4, 0.5) is 0 Å². The zero-order valence-electron chi connectivity index (χ0n) is 17.5. The van der Waals surface area contributed by atoms with Crippen molar-refractivity contribution in [3.8, 4) is 11.5 Å². The number of nitrogens with one attached hydrogen (secondary N) is 1. The molecule has 3 aromatic rings. The molecule has 4 rings (SSSR count). The molecule has 1 saturated heterocycles. The van der Waals surface area contributed by atoms with Crippen LogP contribution in [0.5, 0.6) is 11.5 Å². The summed E-state index contributed by atoms with van der Waals surface area (Å²) < 4.78 is 11.6. The topological polar surface area (TPSA) is 67.9 Å². The highest BCUT2D eigenvalue weighted by molar-refractivity contribution is 8.26. The predicted octanol–water partition coefficient (Wildman–Crippen LogP) is 4.69. The second-order valence-corrected chi connectivity index (χ2v) is 8.58. The number of nitrogens with zero attached hydrogens (tertiary/aromatic N) is 1. The van der Waals surface area contributed by atoms with Gasteiger partial charge in [-0.25, -0.2) is 0 Å². The third-order valence-corrected chi connectivity index (χ3v) is 5.89. The first kappa shape index (κ1) is 22.6. The Bertz CT molecular complexity index is 1170. The fourth-order valence-electron chi connectivity index (χ4n) is 2.97. The number of thiocarbonyl (C=S) groups is 1. The number of thioether (sulfide) groups is 1. The maximum Gasteiger partial charge on any atom is 0.285 e. The summed E-state index contributed by atoms with van der Waals surface area (Å²) in [6.45, 7) is 0.844. The van der Waals surface area contributed by atoms with Crippen LogP contribution in [0.3, 0.4) is 0 Å². The number of hydrogen-bond acceptors (Lipinski definition) is 6. The van der Waals surface area contributed by atoms with Crippen molar-refractivity contribution in [2.75, 3.05) is 13.2 Å². The van der Waals surface area contributed by atoms with Gasteiger partial charge in [0.25, 0.3) is 11.8 Å². The third kappa shape index (κ3) is 6.00. The molecule has 2 amide bonds. The Morgan fingerprint density at radius 1 is 0.879 bits per heavy atom. The first-order valence-electron chi connectivity index (χ1n) is 10.1. The van der Waals surface area contributed by atoms with Crippen LogP contribution in [0.2, 0.25) is 0 Å². The van der Waals surface area contributed by atoms with Crippen LogP contribution in [0.25, 0.3) is 6.08 Å². The van der Waals surface area contributed by atoms with Crippen LogP contribution in [-0.4, -0.2) is 34.4 Å². The van der Waals surface area contributed by atoms with Gasteiger partial charge in [-0.05, 0) is 60.3 Å². The molecular weight excluding hydrogens is 456 g/mol. The molecule has 1 fully saturated rings. The lowest BCUT2D eigenvalue weighted by molar-refractivity contribution is -0.123. The third-order valence-electron chi connectivity index (χ3n) is 4.58. The minimum atomic E-state index is -0.397.